The van der Waals surface area contributed by atoms with Crippen LogP contribution in [0.2, 0.25) is 0 Å². The highest BCUT2D eigenvalue weighted by atomic mass is 19.4. The normalized spacial score (nSPS) is 19.9. The number of halogens is 3. The second kappa shape index (κ2) is 6.24. The molecule has 6 nitrogen and oxygen atoms in total. The van der Waals surface area contributed by atoms with E-state index in [2.05, 4.69) is 10.1 Å². The SMILES string of the molecule is O=C(O)N1CCC2(CC1)CC(c1noc(-c3ccc(C(F)(F)F)cc3)n1)C2. The quantitative estimate of drug-likeness (QED) is 0.834. The maximum absolute atomic E-state index is 12.6. The number of alkyl halides is 3. The number of rotatable bonds is 2. The van der Waals surface area contributed by atoms with Gasteiger partial charge < -0.3 is 14.5 Å². The molecular weight excluding hydrogens is 363 g/mol. The van der Waals surface area contributed by atoms with Crippen molar-refractivity contribution in [3.05, 3.63) is 35.7 Å². The first kappa shape index (κ1) is 17.8. The van der Waals surface area contributed by atoms with Crippen molar-refractivity contribution in [1.82, 2.24) is 15.0 Å². The molecule has 2 fully saturated rings. The lowest BCUT2D eigenvalue weighted by Crippen LogP contribution is -2.47. The number of carbonyl (C=O) groups is 1. The van der Waals surface area contributed by atoms with Gasteiger partial charge in [-0.1, -0.05) is 5.16 Å². The summed E-state index contributed by atoms with van der Waals surface area (Å²) in [6, 6.07) is 4.63. The summed E-state index contributed by atoms with van der Waals surface area (Å²) in [5, 5.41) is 13.0. The minimum Gasteiger partial charge on any atom is -0.465 e. The molecule has 1 saturated heterocycles. The average molecular weight is 381 g/mol. The monoisotopic (exact) mass is 381 g/mol. The van der Waals surface area contributed by atoms with Gasteiger partial charge in [-0.15, -0.1) is 0 Å². The predicted octanol–water partition coefficient (Wildman–Crippen LogP) is 4.39. The van der Waals surface area contributed by atoms with Crippen LogP contribution in [0.4, 0.5) is 18.0 Å². The van der Waals surface area contributed by atoms with Gasteiger partial charge in [-0.05, 0) is 55.4 Å². The standard InChI is InChI=1S/C18H18F3N3O3/c19-18(20,21)13-3-1-11(2-4-13)15-22-14(23-27-15)12-9-17(10-12)5-7-24(8-6-17)16(25)26/h1-4,12H,5-10H2,(H,25,26). The van der Waals surface area contributed by atoms with Gasteiger partial charge in [0.2, 0.25) is 0 Å². The van der Waals surface area contributed by atoms with Crippen molar-refractivity contribution in [2.75, 3.05) is 13.1 Å². The minimum absolute atomic E-state index is 0.145. The molecular formula is C18H18F3N3O3. The van der Waals surface area contributed by atoms with Crippen molar-refractivity contribution in [2.45, 2.75) is 37.8 Å². The van der Waals surface area contributed by atoms with Gasteiger partial charge in [0.15, 0.2) is 5.82 Å². The summed E-state index contributed by atoms with van der Waals surface area (Å²) in [4.78, 5) is 16.8. The van der Waals surface area contributed by atoms with Crippen LogP contribution in [0.1, 0.15) is 43.0 Å². The van der Waals surface area contributed by atoms with E-state index in [0.29, 0.717) is 24.5 Å². The number of aromatic nitrogens is 2. The summed E-state index contributed by atoms with van der Waals surface area (Å²) >= 11 is 0. The fourth-order valence-corrected chi connectivity index (χ4v) is 4.07. The first-order valence-corrected chi connectivity index (χ1v) is 8.75. The summed E-state index contributed by atoms with van der Waals surface area (Å²) in [6.07, 6.45) is -1.83. The van der Waals surface area contributed by atoms with Crippen molar-refractivity contribution in [3.63, 3.8) is 0 Å². The van der Waals surface area contributed by atoms with Crippen molar-refractivity contribution in [1.29, 1.82) is 0 Å². The summed E-state index contributed by atoms with van der Waals surface area (Å²) in [6.45, 7) is 1.09. The van der Waals surface area contributed by atoms with Crippen LogP contribution in [0.25, 0.3) is 11.5 Å². The Morgan fingerprint density at radius 1 is 1.19 bits per heavy atom. The molecule has 1 saturated carbocycles. The first-order valence-electron chi connectivity index (χ1n) is 8.75. The number of amides is 1. The van der Waals surface area contributed by atoms with E-state index in [-0.39, 0.29) is 17.2 Å². The first-order chi connectivity index (χ1) is 12.8. The fraction of sp³-hybridized carbons (Fsp3) is 0.500. The van der Waals surface area contributed by atoms with E-state index in [1.165, 1.54) is 17.0 Å². The molecule has 0 unspecified atom stereocenters. The second-order valence-corrected chi connectivity index (χ2v) is 7.41. The van der Waals surface area contributed by atoms with E-state index in [9.17, 15) is 18.0 Å². The van der Waals surface area contributed by atoms with Gasteiger partial charge in [0.05, 0.1) is 5.56 Å². The second-order valence-electron chi connectivity index (χ2n) is 7.41. The number of piperidine rings is 1. The van der Waals surface area contributed by atoms with Crippen molar-refractivity contribution >= 4 is 6.09 Å². The van der Waals surface area contributed by atoms with Crippen LogP contribution in [-0.2, 0) is 6.18 Å². The van der Waals surface area contributed by atoms with E-state index in [0.717, 1.165) is 37.8 Å². The van der Waals surface area contributed by atoms with Crippen molar-refractivity contribution < 1.29 is 27.6 Å². The number of likely N-dealkylation sites (tertiary alicyclic amines) is 1. The lowest BCUT2D eigenvalue weighted by Gasteiger charge is -2.50. The van der Waals surface area contributed by atoms with Crippen LogP contribution in [0, 0.1) is 5.41 Å². The summed E-state index contributed by atoms with van der Waals surface area (Å²) in [7, 11) is 0. The van der Waals surface area contributed by atoms with Gasteiger partial charge >= 0.3 is 12.3 Å². The Bertz CT molecular complexity index is 832. The van der Waals surface area contributed by atoms with E-state index in [1.54, 1.807) is 0 Å². The Labute approximate surface area is 153 Å². The Hall–Kier alpha value is -2.58. The molecule has 2 heterocycles. The van der Waals surface area contributed by atoms with Crippen LogP contribution in [0.5, 0.6) is 0 Å². The number of hydrogen-bond donors (Lipinski definition) is 1. The molecule has 1 aliphatic heterocycles. The molecule has 1 N–H and O–H groups in total. The lowest BCUT2D eigenvalue weighted by atomic mass is 9.57. The fourth-order valence-electron chi connectivity index (χ4n) is 4.07. The van der Waals surface area contributed by atoms with Crippen molar-refractivity contribution in [3.8, 4) is 11.5 Å². The Morgan fingerprint density at radius 2 is 1.81 bits per heavy atom. The van der Waals surface area contributed by atoms with E-state index in [1.807, 2.05) is 0 Å². The molecule has 144 valence electrons. The smallest absolute Gasteiger partial charge is 0.416 e. The number of nitrogens with zero attached hydrogens (tertiary/aromatic N) is 3. The molecule has 27 heavy (non-hydrogen) atoms. The molecule has 1 spiro atoms. The van der Waals surface area contributed by atoms with Gasteiger partial charge in [-0.3, -0.25) is 0 Å². The van der Waals surface area contributed by atoms with Crippen LogP contribution in [0.15, 0.2) is 28.8 Å². The number of carboxylic acid groups (broad SMARTS) is 1. The molecule has 1 amide bonds. The zero-order chi connectivity index (χ0) is 19.2. The molecule has 0 radical (unpaired) electrons. The Kier molecular flexibility index (Phi) is 4.12. The molecule has 9 heteroatoms. The maximum atomic E-state index is 12.6. The highest BCUT2D eigenvalue weighted by Gasteiger charge is 2.48. The lowest BCUT2D eigenvalue weighted by molar-refractivity contribution is -0.137. The van der Waals surface area contributed by atoms with Crippen LogP contribution < -0.4 is 0 Å². The number of benzene rings is 1. The largest absolute Gasteiger partial charge is 0.465 e. The Morgan fingerprint density at radius 3 is 2.37 bits per heavy atom. The van der Waals surface area contributed by atoms with E-state index >= 15 is 0 Å². The zero-order valence-electron chi connectivity index (χ0n) is 14.4. The predicted molar refractivity (Wildman–Crippen MR) is 88.0 cm³/mol. The molecule has 2 aromatic rings. The molecule has 2 aliphatic rings. The third-order valence-electron chi connectivity index (χ3n) is 5.72. The molecule has 1 aromatic heterocycles. The van der Waals surface area contributed by atoms with Gasteiger partial charge in [0, 0.05) is 24.6 Å². The average Bonchev–Trinajstić information content (AvgIpc) is 3.08. The Balaban J connectivity index is 1.39. The summed E-state index contributed by atoms with van der Waals surface area (Å²) in [5.74, 6) is 0.921. The molecule has 1 aliphatic carbocycles. The molecule has 0 atom stereocenters. The van der Waals surface area contributed by atoms with E-state index < -0.39 is 17.8 Å². The zero-order valence-corrected chi connectivity index (χ0v) is 14.4. The maximum Gasteiger partial charge on any atom is 0.416 e. The number of hydrogen-bond acceptors (Lipinski definition) is 4. The van der Waals surface area contributed by atoms with Gasteiger partial charge in [-0.2, -0.15) is 18.2 Å². The third-order valence-corrected chi connectivity index (χ3v) is 5.72. The van der Waals surface area contributed by atoms with E-state index in [4.69, 9.17) is 9.63 Å². The third kappa shape index (κ3) is 3.38. The topological polar surface area (TPSA) is 79.5 Å². The molecule has 4 rings (SSSR count). The minimum atomic E-state index is -4.38. The van der Waals surface area contributed by atoms with Crippen LogP contribution >= 0.6 is 0 Å². The van der Waals surface area contributed by atoms with Gasteiger partial charge in [0.1, 0.15) is 0 Å². The summed E-state index contributed by atoms with van der Waals surface area (Å²) in [5.41, 5.74) is -0.128. The van der Waals surface area contributed by atoms with Crippen LogP contribution in [-0.4, -0.2) is 39.3 Å². The summed E-state index contributed by atoms with van der Waals surface area (Å²) < 4.78 is 43.2. The van der Waals surface area contributed by atoms with Crippen molar-refractivity contribution in [2.24, 2.45) is 5.41 Å². The highest BCUT2D eigenvalue weighted by Crippen LogP contribution is 2.56. The van der Waals surface area contributed by atoms with Crippen LogP contribution in [0.3, 0.4) is 0 Å². The molecule has 0 bridgehead atoms. The highest BCUT2D eigenvalue weighted by molar-refractivity contribution is 5.65. The molecule has 1 aromatic carbocycles. The van der Waals surface area contributed by atoms with Gasteiger partial charge in [0.25, 0.3) is 5.89 Å². The van der Waals surface area contributed by atoms with Gasteiger partial charge in [-0.25, -0.2) is 4.79 Å².